The number of rotatable bonds is 8. The zero-order valence-corrected chi connectivity index (χ0v) is 13.7. The van der Waals surface area contributed by atoms with Gasteiger partial charge in [-0.1, -0.05) is 28.8 Å². The Kier molecular flexibility index (Phi) is 9.34. The summed E-state index contributed by atoms with van der Waals surface area (Å²) in [5.41, 5.74) is 0. The normalized spacial score (nSPS) is 13.2. The van der Waals surface area contributed by atoms with E-state index in [4.69, 9.17) is 11.6 Å². The molecule has 0 aromatic heterocycles. The number of alkyl halides is 2. The smallest absolute Gasteiger partial charge is 0.241 e. The van der Waals surface area contributed by atoms with Crippen LogP contribution in [0.5, 0.6) is 0 Å². The minimum absolute atomic E-state index is 0.0792. The number of unbranched alkanes of at least 4 members (excludes halogenated alkanes) is 2. The second-order valence-corrected chi connectivity index (χ2v) is 6.26. The van der Waals surface area contributed by atoms with Crippen LogP contribution in [-0.2, 0) is 4.79 Å². The summed E-state index contributed by atoms with van der Waals surface area (Å²) in [6.45, 7) is 8.14. The fourth-order valence-corrected chi connectivity index (χ4v) is 2.65. The first-order chi connectivity index (χ1) is 7.91. The predicted octanol–water partition coefficient (Wildman–Crippen LogP) is 4.19. The summed E-state index contributed by atoms with van der Waals surface area (Å²) in [6.07, 6.45) is 4.08. The molecule has 0 aliphatic rings. The van der Waals surface area contributed by atoms with Crippen LogP contribution in [0.3, 0.4) is 0 Å². The SMILES string of the molecule is CC(C)N(C(=O)C(Cl)CCCCCBr)C(C)C. The van der Waals surface area contributed by atoms with Crippen molar-refractivity contribution in [1.82, 2.24) is 4.90 Å². The average molecular weight is 327 g/mol. The van der Waals surface area contributed by atoms with Gasteiger partial charge in [0.15, 0.2) is 0 Å². The van der Waals surface area contributed by atoms with Crippen LogP contribution in [-0.4, -0.2) is 33.6 Å². The monoisotopic (exact) mass is 325 g/mol. The molecule has 0 aliphatic heterocycles. The largest absolute Gasteiger partial charge is 0.337 e. The Bertz CT molecular complexity index is 213. The number of nitrogens with zero attached hydrogens (tertiary/aromatic N) is 1. The van der Waals surface area contributed by atoms with E-state index in [1.54, 1.807) is 0 Å². The zero-order valence-electron chi connectivity index (χ0n) is 11.4. The summed E-state index contributed by atoms with van der Waals surface area (Å²) in [5, 5.41) is 0.660. The molecule has 1 atom stereocenters. The lowest BCUT2D eigenvalue weighted by atomic mass is 10.1. The number of hydrogen-bond donors (Lipinski definition) is 0. The van der Waals surface area contributed by atoms with Crippen LogP contribution in [0.1, 0.15) is 53.4 Å². The van der Waals surface area contributed by atoms with Crippen molar-refractivity contribution in [2.24, 2.45) is 0 Å². The van der Waals surface area contributed by atoms with E-state index in [2.05, 4.69) is 15.9 Å². The van der Waals surface area contributed by atoms with Crippen molar-refractivity contribution in [1.29, 1.82) is 0 Å². The third-order valence-electron chi connectivity index (χ3n) is 2.73. The molecular weight excluding hydrogens is 302 g/mol. The third-order valence-corrected chi connectivity index (χ3v) is 3.69. The lowest BCUT2D eigenvalue weighted by Gasteiger charge is -2.32. The number of carbonyl (C=O) groups is 1. The molecule has 2 nitrogen and oxygen atoms in total. The third kappa shape index (κ3) is 6.66. The lowest BCUT2D eigenvalue weighted by molar-refractivity contribution is -0.134. The van der Waals surface area contributed by atoms with Crippen molar-refractivity contribution in [3.05, 3.63) is 0 Å². The van der Waals surface area contributed by atoms with Crippen molar-refractivity contribution in [3.8, 4) is 0 Å². The molecule has 1 unspecified atom stereocenters. The summed E-state index contributed by atoms with van der Waals surface area (Å²) in [4.78, 5) is 14.1. The van der Waals surface area contributed by atoms with Gasteiger partial charge in [-0.2, -0.15) is 0 Å². The molecule has 0 N–H and O–H groups in total. The van der Waals surface area contributed by atoms with Gasteiger partial charge in [0.25, 0.3) is 0 Å². The minimum Gasteiger partial charge on any atom is -0.337 e. The highest BCUT2D eigenvalue weighted by molar-refractivity contribution is 9.09. The van der Waals surface area contributed by atoms with E-state index < -0.39 is 0 Å². The van der Waals surface area contributed by atoms with Gasteiger partial charge in [-0.3, -0.25) is 4.79 Å². The molecule has 0 rings (SSSR count). The Balaban J connectivity index is 4.17. The van der Waals surface area contributed by atoms with Gasteiger partial charge in [-0.15, -0.1) is 11.6 Å². The van der Waals surface area contributed by atoms with Crippen molar-refractivity contribution < 1.29 is 4.79 Å². The van der Waals surface area contributed by atoms with Gasteiger partial charge >= 0.3 is 0 Å². The Morgan fingerprint density at radius 1 is 1.12 bits per heavy atom. The molecule has 0 heterocycles. The van der Waals surface area contributed by atoms with Gasteiger partial charge in [0, 0.05) is 17.4 Å². The van der Waals surface area contributed by atoms with Crippen LogP contribution < -0.4 is 0 Å². The maximum atomic E-state index is 12.2. The molecule has 0 aromatic rings. The second-order valence-electron chi connectivity index (χ2n) is 4.94. The molecule has 0 radical (unpaired) electrons. The van der Waals surface area contributed by atoms with Crippen LogP contribution in [0.2, 0.25) is 0 Å². The van der Waals surface area contributed by atoms with Crippen molar-refractivity contribution in [2.75, 3.05) is 5.33 Å². The summed E-state index contributed by atoms with van der Waals surface area (Å²) in [5.74, 6) is 0.0792. The van der Waals surface area contributed by atoms with E-state index in [1.165, 1.54) is 0 Å². The Morgan fingerprint density at radius 2 is 1.65 bits per heavy atom. The van der Waals surface area contributed by atoms with Gasteiger partial charge < -0.3 is 4.90 Å². The molecule has 0 fully saturated rings. The van der Waals surface area contributed by atoms with E-state index >= 15 is 0 Å². The molecule has 102 valence electrons. The molecule has 0 saturated carbocycles. The van der Waals surface area contributed by atoms with E-state index in [-0.39, 0.29) is 23.4 Å². The standard InChI is InChI=1S/C13H25BrClNO/c1-10(2)16(11(3)4)13(17)12(15)8-6-5-7-9-14/h10-12H,5-9H2,1-4H3. The topological polar surface area (TPSA) is 20.3 Å². The van der Waals surface area contributed by atoms with Gasteiger partial charge in [0.05, 0.1) is 0 Å². The molecule has 1 amide bonds. The molecular formula is C13H25BrClNO. The lowest BCUT2D eigenvalue weighted by Crippen LogP contribution is -2.45. The fraction of sp³-hybridized carbons (Fsp3) is 0.923. The first kappa shape index (κ1) is 17.2. The maximum absolute atomic E-state index is 12.2. The first-order valence-corrected chi connectivity index (χ1v) is 7.99. The Labute approximate surface area is 119 Å². The van der Waals surface area contributed by atoms with Crippen LogP contribution >= 0.6 is 27.5 Å². The number of hydrogen-bond acceptors (Lipinski definition) is 1. The quantitative estimate of drug-likeness (QED) is 0.484. The highest BCUT2D eigenvalue weighted by Crippen LogP contribution is 2.16. The minimum atomic E-state index is -0.366. The van der Waals surface area contributed by atoms with Gasteiger partial charge in [0.2, 0.25) is 5.91 Å². The summed E-state index contributed by atoms with van der Waals surface area (Å²) < 4.78 is 0. The number of halogens is 2. The second kappa shape index (κ2) is 9.21. The number of carbonyl (C=O) groups excluding carboxylic acids is 1. The molecule has 4 heteroatoms. The van der Waals surface area contributed by atoms with E-state index in [1.807, 2.05) is 32.6 Å². The highest BCUT2D eigenvalue weighted by atomic mass is 79.9. The summed E-state index contributed by atoms with van der Waals surface area (Å²) in [7, 11) is 0. The van der Waals surface area contributed by atoms with Crippen LogP contribution in [0.25, 0.3) is 0 Å². The van der Waals surface area contributed by atoms with Crippen LogP contribution in [0, 0.1) is 0 Å². The van der Waals surface area contributed by atoms with E-state index in [0.29, 0.717) is 0 Å². The molecule has 0 aromatic carbocycles. The Morgan fingerprint density at radius 3 is 2.06 bits per heavy atom. The first-order valence-electron chi connectivity index (χ1n) is 6.44. The average Bonchev–Trinajstić information content (AvgIpc) is 2.22. The van der Waals surface area contributed by atoms with E-state index in [0.717, 1.165) is 31.0 Å². The molecule has 0 saturated heterocycles. The number of amides is 1. The predicted molar refractivity (Wildman–Crippen MR) is 79.0 cm³/mol. The van der Waals surface area contributed by atoms with Crippen LogP contribution in [0.4, 0.5) is 0 Å². The van der Waals surface area contributed by atoms with Crippen molar-refractivity contribution >= 4 is 33.4 Å². The van der Waals surface area contributed by atoms with Gasteiger partial charge in [-0.25, -0.2) is 0 Å². The van der Waals surface area contributed by atoms with Crippen molar-refractivity contribution in [3.63, 3.8) is 0 Å². The molecule has 0 aliphatic carbocycles. The van der Waals surface area contributed by atoms with Gasteiger partial charge in [-0.05, 0) is 40.5 Å². The highest BCUT2D eigenvalue weighted by Gasteiger charge is 2.25. The van der Waals surface area contributed by atoms with Crippen LogP contribution in [0.15, 0.2) is 0 Å². The zero-order chi connectivity index (χ0) is 13.4. The fourth-order valence-electron chi connectivity index (χ4n) is 1.99. The Hall–Kier alpha value is 0.240. The maximum Gasteiger partial charge on any atom is 0.241 e. The molecule has 0 bridgehead atoms. The summed E-state index contributed by atoms with van der Waals surface area (Å²) >= 11 is 9.59. The summed E-state index contributed by atoms with van der Waals surface area (Å²) in [6, 6.07) is 0.428. The van der Waals surface area contributed by atoms with Gasteiger partial charge in [0.1, 0.15) is 5.38 Å². The van der Waals surface area contributed by atoms with Crippen molar-refractivity contribution in [2.45, 2.75) is 70.8 Å². The van der Waals surface area contributed by atoms with E-state index in [9.17, 15) is 4.79 Å². The molecule has 0 spiro atoms. The molecule has 17 heavy (non-hydrogen) atoms.